The van der Waals surface area contributed by atoms with Gasteiger partial charge in [0.25, 0.3) is 0 Å². The second-order valence-electron chi connectivity index (χ2n) is 5.22. The fourth-order valence-electron chi connectivity index (χ4n) is 2.05. The Morgan fingerprint density at radius 2 is 1.73 bits per heavy atom. The molecule has 0 aliphatic rings. The Kier molecular flexibility index (Phi) is 5.67. The maximum atomic E-state index is 11.3. The van der Waals surface area contributed by atoms with Crippen molar-refractivity contribution >= 4 is 28.8 Å². The van der Waals surface area contributed by atoms with Gasteiger partial charge in [-0.15, -0.1) is 0 Å². The number of ketones is 1. The third-order valence-corrected chi connectivity index (χ3v) is 3.88. The van der Waals surface area contributed by atoms with Gasteiger partial charge in [0, 0.05) is 24.8 Å². The van der Waals surface area contributed by atoms with Crippen molar-refractivity contribution in [3.63, 3.8) is 0 Å². The first-order chi connectivity index (χ1) is 10.6. The van der Waals surface area contributed by atoms with Gasteiger partial charge in [0.15, 0.2) is 10.9 Å². The average molecular weight is 312 g/mol. The first-order valence-electron chi connectivity index (χ1n) is 7.23. The number of carbonyl (C=O) groups excluding carboxylic acids is 1. The zero-order valence-electron chi connectivity index (χ0n) is 12.9. The third kappa shape index (κ3) is 4.67. The number of anilines is 1. The number of hydrogen-bond acceptors (Lipinski definition) is 2. The molecule has 0 atom stereocenters. The normalized spacial score (nSPS) is 10.1. The molecule has 0 saturated carbocycles. The molecule has 0 amide bonds. The van der Waals surface area contributed by atoms with Crippen LogP contribution >= 0.6 is 12.2 Å². The van der Waals surface area contributed by atoms with Crippen LogP contribution in [-0.2, 0) is 6.42 Å². The van der Waals surface area contributed by atoms with E-state index in [-0.39, 0.29) is 5.78 Å². The number of Topliss-reactive ketones (excluding diaryl/α,β-unsaturated/α-hetero) is 1. The molecular formula is C18H20N2OS. The molecule has 0 radical (unpaired) electrons. The lowest BCUT2D eigenvalue weighted by Gasteiger charge is -2.21. The Morgan fingerprint density at radius 1 is 1.09 bits per heavy atom. The van der Waals surface area contributed by atoms with E-state index >= 15 is 0 Å². The molecule has 0 saturated heterocycles. The van der Waals surface area contributed by atoms with Gasteiger partial charge in [-0.2, -0.15) is 0 Å². The summed E-state index contributed by atoms with van der Waals surface area (Å²) in [5.41, 5.74) is 2.89. The van der Waals surface area contributed by atoms with Crippen molar-refractivity contribution in [1.82, 2.24) is 4.90 Å². The summed E-state index contributed by atoms with van der Waals surface area (Å²) in [7, 11) is 1.97. The maximum absolute atomic E-state index is 11.3. The lowest BCUT2D eigenvalue weighted by molar-refractivity contribution is 0.101. The zero-order valence-corrected chi connectivity index (χ0v) is 13.7. The summed E-state index contributed by atoms with van der Waals surface area (Å²) < 4.78 is 0. The summed E-state index contributed by atoms with van der Waals surface area (Å²) in [6, 6.07) is 17.7. The molecule has 1 N–H and O–H groups in total. The number of rotatable bonds is 5. The lowest BCUT2D eigenvalue weighted by Crippen LogP contribution is -2.32. The van der Waals surface area contributed by atoms with Gasteiger partial charge < -0.3 is 10.2 Å². The molecule has 2 aromatic carbocycles. The third-order valence-electron chi connectivity index (χ3n) is 3.47. The number of nitrogens with zero attached hydrogens (tertiary/aromatic N) is 1. The molecule has 22 heavy (non-hydrogen) atoms. The predicted molar refractivity (Wildman–Crippen MR) is 95.4 cm³/mol. The van der Waals surface area contributed by atoms with Crippen LogP contribution in [0.15, 0.2) is 54.6 Å². The first kappa shape index (κ1) is 16.2. The van der Waals surface area contributed by atoms with E-state index in [0.717, 1.165) is 18.7 Å². The van der Waals surface area contributed by atoms with Crippen LogP contribution in [0.1, 0.15) is 22.8 Å². The van der Waals surface area contributed by atoms with Gasteiger partial charge in [0.1, 0.15) is 0 Å². The molecule has 0 unspecified atom stereocenters. The van der Waals surface area contributed by atoms with E-state index in [0.29, 0.717) is 10.7 Å². The minimum atomic E-state index is 0.0640. The topological polar surface area (TPSA) is 32.3 Å². The summed E-state index contributed by atoms with van der Waals surface area (Å²) in [4.78, 5) is 13.3. The monoisotopic (exact) mass is 312 g/mol. The van der Waals surface area contributed by atoms with E-state index in [1.807, 2.05) is 42.3 Å². The minimum absolute atomic E-state index is 0.0640. The zero-order chi connectivity index (χ0) is 15.9. The molecule has 2 rings (SSSR count). The second-order valence-corrected chi connectivity index (χ2v) is 5.61. The number of likely N-dealkylation sites (N-methyl/N-ethyl adjacent to an activating group) is 1. The standard InChI is InChI=1S/C18H20N2OS/c1-14(21)16-8-10-17(11-9-16)19-18(22)20(2)13-12-15-6-4-3-5-7-15/h3-11H,12-13H2,1-2H3,(H,19,22). The van der Waals surface area contributed by atoms with Crippen molar-refractivity contribution in [1.29, 1.82) is 0 Å². The van der Waals surface area contributed by atoms with Crippen molar-refractivity contribution in [2.24, 2.45) is 0 Å². The van der Waals surface area contributed by atoms with Gasteiger partial charge in [0.2, 0.25) is 0 Å². The van der Waals surface area contributed by atoms with E-state index in [1.54, 1.807) is 19.1 Å². The Morgan fingerprint density at radius 3 is 2.32 bits per heavy atom. The highest BCUT2D eigenvalue weighted by molar-refractivity contribution is 7.80. The molecule has 3 nitrogen and oxygen atoms in total. The van der Waals surface area contributed by atoms with Gasteiger partial charge in [0.05, 0.1) is 0 Å². The van der Waals surface area contributed by atoms with Crippen molar-refractivity contribution in [2.45, 2.75) is 13.3 Å². The molecule has 0 aliphatic heterocycles. The van der Waals surface area contributed by atoms with Crippen LogP contribution in [0.3, 0.4) is 0 Å². The molecule has 0 spiro atoms. The molecular weight excluding hydrogens is 292 g/mol. The van der Waals surface area contributed by atoms with E-state index in [2.05, 4.69) is 17.4 Å². The van der Waals surface area contributed by atoms with E-state index in [1.165, 1.54) is 5.56 Å². The van der Waals surface area contributed by atoms with Gasteiger partial charge in [-0.05, 0) is 55.4 Å². The van der Waals surface area contributed by atoms with E-state index in [9.17, 15) is 4.79 Å². The number of hydrogen-bond donors (Lipinski definition) is 1. The van der Waals surface area contributed by atoms with Crippen LogP contribution < -0.4 is 5.32 Å². The Bertz CT molecular complexity index is 638. The van der Waals surface area contributed by atoms with Crippen LogP contribution in [0.4, 0.5) is 5.69 Å². The fourth-order valence-corrected chi connectivity index (χ4v) is 2.26. The average Bonchev–Trinajstić information content (AvgIpc) is 2.54. The minimum Gasteiger partial charge on any atom is -0.352 e. The summed E-state index contributed by atoms with van der Waals surface area (Å²) in [5, 5.41) is 3.86. The first-order valence-corrected chi connectivity index (χ1v) is 7.64. The number of thiocarbonyl (C=S) groups is 1. The van der Waals surface area contributed by atoms with Crippen LogP contribution in [0.2, 0.25) is 0 Å². The second kappa shape index (κ2) is 7.71. The van der Waals surface area contributed by atoms with Crippen molar-refractivity contribution < 1.29 is 4.79 Å². The largest absolute Gasteiger partial charge is 0.352 e. The Balaban J connectivity index is 1.87. The Labute approximate surface area is 137 Å². The van der Waals surface area contributed by atoms with Gasteiger partial charge in [-0.1, -0.05) is 30.3 Å². The highest BCUT2D eigenvalue weighted by atomic mass is 32.1. The molecule has 0 bridgehead atoms. The van der Waals surface area contributed by atoms with Crippen LogP contribution in [0.5, 0.6) is 0 Å². The quantitative estimate of drug-likeness (QED) is 0.673. The molecule has 2 aromatic rings. The summed E-state index contributed by atoms with van der Waals surface area (Å²) in [6.45, 7) is 2.41. The van der Waals surface area contributed by atoms with Crippen molar-refractivity contribution in [3.8, 4) is 0 Å². The van der Waals surface area contributed by atoms with Gasteiger partial charge in [-0.25, -0.2) is 0 Å². The molecule has 114 valence electrons. The summed E-state index contributed by atoms with van der Waals surface area (Å²) in [5.74, 6) is 0.0640. The highest BCUT2D eigenvalue weighted by Crippen LogP contribution is 2.11. The smallest absolute Gasteiger partial charge is 0.173 e. The molecule has 0 fully saturated rings. The van der Waals surface area contributed by atoms with Crippen molar-refractivity contribution in [3.05, 3.63) is 65.7 Å². The lowest BCUT2D eigenvalue weighted by atomic mass is 10.1. The summed E-state index contributed by atoms with van der Waals surface area (Å²) >= 11 is 5.41. The molecule has 4 heteroatoms. The maximum Gasteiger partial charge on any atom is 0.173 e. The molecule has 0 aliphatic carbocycles. The predicted octanol–water partition coefficient (Wildman–Crippen LogP) is 3.76. The van der Waals surface area contributed by atoms with Gasteiger partial charge in [-0.3, -0.25) is 4.79 Å². The summed E-state index contributed by atoms with van der Waals surface area (Å²) in [6.07, 6.45) is 0.947. The molecule has 0 heterocycles. The highest BCUT2D eigenvalue weighted by Gasteiger charge is 2.05. The van der Waals surface area contributed by atoms with Crippen LogP contribution in [-0.4, -0.2) is 29.4 Å². The SMILES string of the molecule is CC(=O)c1ccc(NC(=S)N(C)CCc2ccccc2)cc1. The fraction of sp³-hybridized carbons (Fsp3) is 0.222. The number of benzene rings is 2. The van der Waals surface area contributed by atoms with Crippen molar-refractivity contribution in [2.75, 3.05) is 18.9 Å². The van der Waals surface area contributed by atoms with E-state index < -0.39 is 0 Å². The van der Waals surface area contributed by atoms with Gasteiger partial charge >= 0.3 is 0 Å². The number of nitrogens with one attached hydrogen (secondary N) is 1. The van der Waals surface area contributed by atoms with E-state index in [4.69, 9.17) is 12.2 Å². The van der Waals surface area contributed by atoms with Crippen LogP contribution in [0.25, 0.3) is 0 Å². The number of carbonyl (C=O) groups is 1. The van der Waals surface area contributed by atoms with Crippen LogP contribution in [0, 0.1) is 0 Å². The molecule has 0 aromatic heterocycles. The Hall–Kier alpha value is -2.20.